The third kappa shape index (κ3) is 4.75. The highest BCUT2D eigenvalue weighted by atomic mass is 16.5. The van der Waals surface area contributed by atoms with Crippen molar-refractivity contribution in [1.29, 1.82) is 0 Å². The second kappa shape index (κ2) is 7.64. The van der Waals surface area contributed by atoms with Crippen LogP contribution in [0.2, 0.25) is 0 Å². The van der Waals surface area contributed by atoms with Crippen molar-refractivity contribution in [2.75, 3.05) is 26.0 Å². The van der Waals surface area contributed by atoms with Gasteiger partial charge in [-0.1, -0.05) is 6.07 Å². The van der Waals surface area contributed by atoms with Crippen molar-refractivity contribution in [3.63, 3.8) is 0 Å². The van der Waals surface area contributed by atoms with E-state index in [4.69, 9.17) is 10.5 Å². The molecule has 21 heavy (non-hydrogen) atoms. The van der Waals surface area contributed by atoms with E-state index < -0.39 is 6.04 Å². The van der Waals surface area contributed by atoms with Crippen LogP contribution < -0.4 is 16.4 Å². The van der Waals surface area contributed by atoms with Crippen LogP contribution in [0.3, 0.4) is 0 Å². The predicted molar refractivity (Wildman–Crippen MR) is 82.1 cm³/mol. The average molecular weight is 293 g/mol. The lowest BCUT2D eigenvalue weighted by molar-refractivity contribution is -0.122. The summed E-state index contributed by atoms with van der Waals surface area (Å²) in [6.07, 6.45) is 0. The Morgan fingerprint density at radius 1 is 1.29 bits per heavy atom. The molecule has 0 bridgehead atoms. The first-order valence-electron chi connectivity index (χ1n) is 6.81. The first-order valence-corrected chi connectivity index (χ1v) is 6.81. The number of nitrogen functional groups attached to an aromatic ring is 1. The average Bonchev–Trinajstić information content (AvgIpc) is 2.42. The third-order valence-corrected chi connectivity index (χ3v) is 3.20. The highest BCUT2D eigenvalue weighted by molar-refractivity contribution is 5.99. The summed E-state index contributed by atoms with van der Waals surface area (Å²) in [5.41, 5.74) is 8.62. The quantitative estimate of drug-likeness (QED) is 0.533. The molecule has 0 fully saturated rings. The van der Waals surface area contributed by atoms with Crippen molar-refractivity contribution < 1.29 is 14.3 Å². The molecule has 1 atom stereocenters. The maximum absolute atomic E-state index is 12.2. The van der Waals surface area contributed by atoms with Crippen molar-refractivity contribution in [2.45, 2.75) is 26.8 Å². The second-order valence-corrected chi connectivity index (χ2v) is 5.00. The van der Waals surface area contributed by atoms with Gasteiger partial charge in [0, 0.05) is 24.9 Å². The van der Waals surface area contributed by atoms with Crippen LogP contribution in [0.1, 0.15) is 28.4 Å². The zero-order chi connectivity index (χ0) is 16.0. The number of nitrogens with one attached hydrogen (secondary N) is 2. The zero-order valence-corrected chi connectivity index (χ0v) is 12.9. The van der Waals surface area contributed by atoms with E-state index in [0.717, 1.165) is 11.1 Å². The van der Waals surface area contributed by atoms with Crippen molar-refractivity contribution >= 4 is 17.5 Å². The minimum atomic E-state index is -0.628. The molecule has 0 aromatic heterocycles. The molecule has 0 aliphatic carbocycles. The van der Waals surface area contributed by atoms with Gasteiger partial charge in [-0.3, -0.25) is 9.59 Å². The number of amides is 2. The Labute approximate surface area is 125 Å². The minimum Gasteiger partial charge on any atom is -0.398 e. The Kier molecular flexibility index (Phi) is 6.17. The maximum Gasteiger partial charge on any atom is 0.252 e. The summed E-state index contributed by atoms with van der Waals surface area (Å²) in [6.45, 7) is 6.19. The van der Waals surface area contributed by atoms with Crippen LogP contribution in [0.25, 0.3) is 0 Å². The summed E-state index contributed by atoms with van der Waals surface area (Å²) in [5, 5.41) is 5.33. The summed E-state index contributed by atoms with van der Waals surface area (Å²) in [7, 11) is 1.56. The Morgan fingerprint density at radius 3 is 2.57 bits per heavy atom. The van der Waals surface area contributed by atoms with Crippen LogP contribution in [-0.4, -0.2) is 38.1 Å². The van der Waals surface area contributed by atoms with Crippen LogP contribution in [-0.2, 0) is 9.53 Å². The molecule has 1 rings (SSSR count). The lowest BCUT2D eigenvalue weighted by atomic mass is 10.0. The lowest BCUT2D eigenvalue weighted by Crippen LogP contribution is -2.45. The van der Waals surface area contributed by atoms with E-state index in [1.807, 2.05) is 19.9 Å². The molecule has 0 spiro atoms. The molecule has 1 aromatic rings. The first-order chi connectivity index (χ1) is 9.86. The number of benzene rings is 1. The van der Waals surface area contributed by atoms with Gasteiger partial charge < -0.3 is 21.1 Å². The normalized spacial score (nSPS) is 11.8. The fourth-order valence-electron chi connectivity index (χ4n) is 1.88. The van der Waals surface area contributed by atoms with E-state index in [9.17, 15) is 9.59 Å². The Morgan fingerprint density at radius 2 is 1.95 bits per heavy atom. The number of carbonyl (C=O) groups is 2. The van der Waals surface area contributed by atoms with Gasteiger partial charge in [-0.2, -0.15) is 0 Å². The second-order valence-electron chi connectivity index (χ2n) is 5.00. The minimum absolute atomic E-state index is 0.252. The van der Waals surface area contributed by atoms with Gasteiger partial charge in [-0.25, -0.2) is 0 Å². The van der Waals surface area contributed by atoms with Crippen LogP contribution >= 0.6 is 0 Å². The number of anilines is 1. The van der Waals surface area contributed by atoms with E-state index in [1.54, 1.807) is 20.1 Å². The third-order valence-electron chi connectivity index (χ3n) is 3.20. The smallest absolute Gasteiger partial charge is 0.252 e. The van der Waals surface area contributed by atoms with Gasteiger partial charge in [-0.15, -0.1) is 0 Å². The van der Waals surface area contributed by atoms with E-state index in [-0.39, 0.29) is 11.8 Å². The van der Waals surface area contributed by atoms with Gasteiger partial charge in [-0.05, 0) is 38.0 Å². The van der Waals surface area contributed by atoms with Gasteiger partial charge in [0.1, 0.15) is 6.04 Å². The maximum atomic E-state index is 12.2. The van der Waals surface area contributed by atoms with Crippen LogP contribution in [0, 0.1) is 13.8 Å². The standard InChI is InChI=1S/C15H23N3O3/c1-9-7-10(2)13(16)8-12(9)15(20)18-11(3)14(19)17-5-6-21-4/h7-8,11H,5-6,16H2,1-4H3,(H,17,19)(H,18,20). The molecule has 6 nitrogen and oxygen atoms in total. The van der Waals surface area contributed by atoms with Crippen molar-refractivity contribution in [1.82, 2.24) is 10.6 Å². The van der Waals surface area contributed by atoms with Gasteiger partial charge in [0.25, 0.3) is 5.91 Å². The molecular weight excluding hydrogens is 270 g/mol. The van der Waals surface area contributed by atoms with Crippen molar-refractivity contribution in [3.05, 3.63) is 28.8 Å². The number of hydrogen-bond acceptors (Lipinski definition) is 4. The SMILES string of the molecule is COCCNC(=O)C(C)NC(=O)c1cc(N)c(C)cc1C. The van der Waals surface area contributed by atoms with E-state index in [1.165, 1.54) is 0 Å². The monoisotopic (exact) mass is 293 g/mol. The van der Waals surface area contributed by atoms with E-state index in [2.05, 4.69) is 10.6 Å². The van der Waals surface area contributed by atoms with Crippen molar-refractivity contribution in [2.24, 2.45) is 0 Å². The largest absolute Gasteiger partial charge is 0.398 e. The number of rotatable bonds is 6. The number of aryl methyl sites for hydroxylation is 2. The highest BCUT2D eigenvalue weighted by Crippen LogP contribution is 2.17. The number of carbonyl (C=O) groups excluding carboxylic acids is 2. The summed E-state index contributed by atoms with van der Waals surface area (Å²) >= 11 is 0. The molecule has 0 heterocycles. The van der Waals surface area contributed by atoms with E-state index in [0.29, 0.717) is 24.4 Å². The Hall–Kier alpha value is -2.08. The molecule has 0 saturated heterocycles. The van der Waals surface area contributed by atoms with Crippen molar-refractivity contribution in [3.8, 4) is 0 Å². The van der Waals surface area contributed by atoms with Crippen LogP contribution in [0.5, 0.6) is 0 Å². The number of ether oxygens (including phenoxy) is 1. The fourth-order valence-corrected chi connectivity index (χ4v) is 1.88. The summed E-state index contributed by atoms with van der Waals surface area (Å²) in [4.78, 5) is 24.0. The van der Waals surface area contributed by atoms with Gasteiger partial charge in [0.05, 0.1) is 6.61 Å². The number of nitrogens with two attached hydrogens (primary N) is 1. The molecule has 0 aliphatic heterocycles. The number of hydrogen-bond donors (Lipinski definition) is 3. The molecular formula is C15H23N3O3. The fraction of sp³-hybridized carbons (Fsp3) is 0.467. The Bertz CT molecular complexity index is 529. The number of methoxy groups -OCH3 is 1. The molecule has 1 unspecified atom stereocenters. The summed E-state index contributed by atoms with van der Waals surface area (Å²) in [6, 6.07) is 2.86. The molecule has 1 aromatic carbocycles. The van der Waals surface area contributed by atoms with Gasteiger partial charge in [0.2, 0.25) is 5.91 Å². The highest BCUT2D eigenvalue weighted by Gasteiger charge is 2.18. The Balaban J connectivity index is 2.68. The molecule has 116 valence electrons. The molecule has 6 heteroatoms. The summed E-state index contributed by atoms with van der Waals surface area (Å²) < 4.78 is 4.85. The van der Waals surface area contributed by atoms with Crippen LogP contribution in [0.4, 0.5) is 5.69 Å². The molecule has 4 N–H and O–H groups in total. The van der Waals surface area contributed by atoms with Gasteiger partial charge in [0.15, 0.2) is 0 Å². The predicted octanol–water partition coefficient (Wildman–Crippen LogP) is 0.767. The molecule has 0 aliphatic rings. The molecule has 0 radical (unpaired) electrons. The zero-order valence-electron chi connectivity index (χ0n) is 12.9. The lowest BCUT2D eigenvalue weighted by Gasteiger charge is -2.15. The van der Waals surface area contributed by atoms with E-state index >= 15 is 0 Å². The van der Waals surface area contributed by atoms with Crippen LogP contribution in [0.15, 0.2) is 12.1 Å². The topological polar surface area (TPSA) is 93.5 Å². The first kappa shape index (κ1) is 17.0. The molecule has 2 amide bonds. The molecule has 0 saturated carbocycles. The summed E-state index contributed by atoms with van der Waals surface area (Å²) in [5.74, 6) is -0.563. The van der Waals surface area contributed by atoms with Gasteiger partial charge >= 0.3 is 0 Å².